The SMILES string of the molecule is Oc1ccc(/C=N/c2n[nH]c(-c3cccnc3)n2)c(O)c1O. The first kappa shape index (κ1) is 13.6. The van der Waals surface area contributed by atoms with Crippen LogP contribution in [0.3, 0.4) is 0 Å². The van der Waals surface area contributed by atoms with Crippen LogP contribution in [0.15, 0.2) is 41.7 Å². The van der Waals surface area contributed by atoms with E-state index >= 15 is 0 Å². The molecule has 2 heterocycles. The van der Waals surface area contributed by atoms with Crippen LogP contribution in [0.25, 0.3) is 11.4 Å². The maximum atomic E-state index is 9.68. The highest BCUT2D eigenvalue weighted by Gasteiger charge is 2.10. The van der Waals surface area contributed by atoms with Crippen LogP contribution in [0.4, 0.5) is 5.95 Å². The number of nitrogens with zero attached hydrogens (tertiary/aromatic N) is 4. The van der Waals surface area contributed by atoms with Crippen molar-refractivity contribution in [1.29, 1.82) is 0 Å². The van der Waals surface area contributed by atoms with E-state index in [4.69, 9.17) is 0 Å². The number of phenolic OH excluding ortho intramolecular Hbond substituents is 3. The Morgan fingerprint density at radius 1 is 1.09 bits per heavy atom. The molecule has 8 heteroatoms. The van der Waals surface area contributed by atoms with Crippen molar-refractivity contribution >= 4 is 12.2 Å². The van der Waals surface area contributed by atoms with E-state index in [0.29, 0.717) is 5.82 Å². The summed E-state index contributed by atoms with van der Waals surface area (Å²) in [6.07, 6.45) is 4.57. The van der Waals surface area contributed by atoms with Crippen molar-refractivity contribution in [2.75, 3.05) is 0 Å². The molecule has 0 aliphatic rings. The molecule has 0 saturated carbocycles. The molecule has 8 nitrogen and oxygen atoms in total. The van der Waals surface area contributed by atoms with Gasteiger partial charge in [0.15, 0.2) is 17.3 Å². The molecule has 22 heavy (non-hydrogen) atoms. The number of benzene rings is 1. The van der Waals surface area contributed by atoms with Gasteiger partial charge in [-0.2, -0.15) is 4.98 Å². The number of nitrogens with one attached hydrogen (secondary N) is 1. The first-order chi connectivity index (χ1) is 10.6. The Labute approximate surface area is 124 Å². The summed E-state index contributed by atoms with van der Waals surface area (Å²) in [5.41, 5.74) is 0.990. The van der Waals surface area contributed by atoms with Gasteiger partial charge in [0, 0.05) is 29.7 Å². The van der Waals surface area contributed by atoms with Crippen LogP contribution in [0.1, 0.15) is 5.56 Å². The van der Waals surface area contributed by atoms with Gasteiger partial charge in [0.2, 0.25) is 5.75 Å². The lowest BCUT2D eigenvalue weighted by atomic mass is 10.2. The molecule has 0 aliphatic carbocycles. The van der Waals surface area contributed by atoms with Gasteiger partial charge in [-0.15, -0.1) is 5.10 Å². The Morgan fingerprint density at radius 3 is 2.73 bits per heavy atom. The molecule has 0 fully saturated rings. The normalized spacial score (nSPS) is 11.1. The fourth-order valence-corrected chi connectivity index (χ4v) is 1.76. The number of hydrogen-bond acceptors (Lipinski definition) is 7. The van der Waals surface area contributed by atoms with Gasteiger partial charge < -0.3 is 15.3 Å². The summed E-state index contributed by atoms with van der Waals surface area (Å²) in [5.74, 6) is -0.808. The van der Waals surface area contributed by atoms with Gasteiger partial charge in [0.25, 0.3) is 5.95 Å². The Kier molecular flexibility index (Phi) is 3.40. The van der Waals surface area contributed by atoms with Crippen molar-refractivity contribution < 1.29 is 15.3 Å². The Balaban J connectivity index is 1.85. The first-order valence-electron chi connectivity index (χ1n) is 6.26. The van der Waals surface area contributed by atoms with E-state index in [-0.39, 0.29) is 11.5 Å². The van der Waals surface area contributed by atoms with Crippen LogP contribution in [0.5, 0.6) is 17.2 Å². The number of rotatable bonds is 3. The van der Waals surface area contributed by atoms with Crippen LogP contribution in [0.2, 0.25) is 0 Å². The minimum Gasteiger partial charge on any atom is -0.504 e. The molecule has 0 aliphatic heterocycles. The molecule has 0 unspecified atom stereocenters. The van der Waals surface area contributed by atoms with Gasteiger partial charge in [-0.05, 0) is 24.3 Å². The summed E-state index contributed by atoms with van der Waals surface area (Å²) >= 11 is 0. The summed E-state index contributed by atoms with van der Waals surface area (Å²) < 4.78 is 0. The number of pyridine rings is 1. The second kappa shape index (κ2) is 5.52. The van der Waals surface area contributed by atoms with Crippen LogP contribution >= 0.6 is 0 Å². The third-order valence-electron chi connectivity index (χ3n) is 2.89. The standard InChI is InChI=1S/C14H11N5O3/c20-10-4-3-8(11(21)12(10)22)7-16-14-17-13(18-19-14)9-2-1-5-15-6-9/h1-7,20-22H,(H,17,18,19)/b16-7+. The molecule has 0 saturated heterocycles. The molecule has 4 N–H and O–H groups in total. The zero-order chi connectivity index (χ0) is 15.5. The number of H-pyrrole nitrogens is 1. The van der Waals surface area contributed by atoms with E-state index in [1.165, 1.54) is 18.3 Å². The quantitative estimate of drug-likeness (QED) is 0.430. The van der Waals surface area contributed by atoms with E-state index in [0.717, 1.165) is 5.56 Å². The second-order valence-electron chi connectivity index (χ2n) is 4.36. The summed E-state index contributed by atoms with van der Waals surface area (Å²) in [6.45, 7) is 0. The van der Waals surface area contributed by atoms with Crippen molar-refractivity contribution in [2.45, 2.75) is 0 Å². The van der Waals surface area contributed by atoms with Gasteiger partial charge in [-0.25, -0.2) is 4.99 Å². The lowest BCUT2D eigenvalue weighted by molar-refractivity contribution is 0.367. The average molecular weight is 297 g/mol. The lowest BCUT2D eigenvalue weighted by Crippen LogP contribution is -1.83. The third kappa shape index (κ3) is 2.57. The number of hydrogen-bond donors (Lipinski definition) is 4. The van der Waals surface area contributed by atoms with Crippen molar-refractivity contribution in [2.24, 2.45) is 4.99 Å². The number of aliphatic imine (C=N–C) groups is 1. The van der Waals surface area contributed by atoms with E-state index in [9.17, 15) is 15.3 Å². The minimum atomic E-state index is -0.602. The third-order valence-corrected chi connectivity index (χ3v) is 2.89. The number of phenols is 3. The number of aromatic hydroxyl groups is 3. The highest BCUT2D eigenvalue weighted by Crippen LogP contribution is 2.36. The Morgan fingerprint density at radius 2 is 1.95 bits per heavy atom. The summed E-state index contributed by atoms with van der Waals surface area (Å²) in [4.78, 5) is 12.2. The molecule has 3 rings (SSSR count). The molecule has 2 aromatic heterocycles. The Bertz CT molecular complexity index is 830. The number of aromatic nitrogens is 4. The lowest BCUT2D eigenvalue weighted by Gasteiger charge is -2.02. The van der Waals surface area contributed by atoms with Gasteiger partial charge in [0.1, 0.15) is 0 Å². The largest absolute Gasteiger partial charge is 0.504 e. The predicted molar refractivity (Wildman–Crippen MR) is 78.3 cm³/mol. The molecule has 0 amide bonds. The molecule has 1 aromatic carbocycles. The van der Waals surface area contributed by atoms with E-state index in [1.54, 1.807) is 18.5 Å². The van der Waals surface area contributed by atoms with E-state index in [1.807, 2.05) is 6.07 Å². The molecule has 3 aromatic rings. The summed E-state index contributed by atoms with van der Waals surface area (Å²) in [5, 5.41) is 35.0. The molecule has 0 radical (unpaired) electrons. The molecule has 0 spiro atoms. The van der Waals surface area contributed by atoms with Gasteiger partial charge in [0.05, 0.1) is 0 Å². The van der Waals surface area contributed by atoms with Crippen molar-refractivity contribution in [3.63, 3.8) is 0 Å². The van der Waals surface area contributed by atoms with E-state index in [2.05, 4.69) is 25.2 Å². The van der Waals surface area contributed by atoms with E-state index < -0.39 is 17.2 Å². The van der Waals surface area contributed by atoms with Gasteiger partial charge in [-0.3, -0.25) is 10.1 Å². The summed E-state index contributed by atoms with van der Waals surface area (Å²) in [7, 11) is 0. The molecule has 110 valence electrons. The van der Waals surface area contributed by atoms with Crippen molar-refractivity contribution in [3.8, 4) is 28.6 Å². The van der Waals surface area contributed by atoms with Crippen LogP contribution in [0, 0.1) is 0 Å². The first-order valence-corrected chi connectivity index (χ1v) is 6.26. The fraction of sp³-hybridized carbons (Fsp3) is 0. The topological polar surface area (TPSA) is 128 Å². The Hall–Kier alpha value is -3.42. The monoisotopic (exact) mass is 297 g/mol. The van der Waals surface area contributed by atoms with Crippen LogP contribution in [-0.2, 0) is 0 Å². The summed E-state index contributed by atoms with van der Waals surface area (Å²) in [6, 6.07) is 6.25. The smallest absolute Gasteiger partial charge is 0.268 e. The van der Waals surface area contributed by atoms with Gasteiger partial charge in [-0.1, -0.05) is 0 Å². The molecular formula is C14H11N5O3. The maximum absolute atomic E-state index is 9.68. The molecule has 0 atom stereocenters. The molecule has 0 bridgehead atoms. The van der Waals surface area contributed by atoms with Gasteiger partial charge >= 0.3 is 0 Å². The zero-order valence-electron chi connectivity index (χ0n) is 11.2. The van der Waals surface area contributed by atoms with Crippen molar-refractivity contribution in [1.82, 2.24) is 20.2 Å². The highest BCUT2D eigenvalue weighted by molar-refractivity contribution is 5.86. The molecular weight excluding hydrogens is 286 g/mol. The maximum Gasteiger partial charge on any atom is 0.268 e. The van der Waals surface area contributed by atoms with Crippen LogP contribution in [-0.4, -0.2) is 41.7 Å². The average Bonchev–Trinajstić information content (AvgIpc) is 3.02. The minimum absolute atomic E-state index is 0.158. The zero-order valence-corrected chi connectivity index (χ0v) is 11.2. The highest BCUT2D eigenvalue weighted by atomic mass is 16.3. The second-order valence-corrected chi connectivity index (χ2v) is 4.36. The van der Waals surface area contributed by atoms with Crippen molar-refractivity contribution in [3.05, 3.63) is 42.2 Å². The number of aromatic amines is 1. The predicted octanol–water partition coefficient (Wildman–Crippen LogP) is 1.73. The fourth-order valence-electron chi connectivity index (χ4n) is 1.76. The van der Waals surface area contributed by atoms with Crippen LogP contribution < -0.4 is 0 Å².